The maximum Gasteiger partial charge on any atom is 0.311 e. The van der Waals surface area contributed by atoms with Gasteiger partial charge in [0, 0.05) is 42.7 Å². The smallest absolute Gasteiger partial charge is 0.311 e. The molecule has 2 heterocycles. The van der Waals surface area contributed by atoms with Crippen molar-refractivity contribution >= 4 is 45.1 Å². The molecule has 0 radical (unpaired) electrons. The molecule has 3 aliphatic rings. The minimum Gasteiger partial charge on any atom is -0.497 e. The predicted octanol–water partition coefficient (Wildman–Crippen LogP) is 4.81. The normalized spacial score (nSPS) is 25.0. The first-order valence-electron chi connectivity index (χ1n) is 16.7. The summed E-state index contributed by atoms with van der Waals surface area (Å²) in [5.41, 5.74) is -4.12. The fourth-order valence-electron chi connectivity index (χ4n) is 8.60. The minimum atomic E-state index is -4.80. The topological polar surface area (TPSA) is 143 Å². The van der Waals surface area contributed by atoms with Crippen molar-refractivity contribution in [2.45, 2.75) is 48.5 Å². The number of benzene rings is 3. The van der Waals surface area contributed by atoms with Gasteiger partial charge in [0.25, 0.3) is 15.9 Å². The highest BCUT2D eigenvalue weighted by atomic mass is 35.5. The molecule has 14 heteroatoms. The second-order valence-corrected chi connectivity index (χ2v) is 15.8. The highest BCUT2D eigenvalue weighted by molar-refractivity contribution is 7.93. The number of hydrogen-bond donors (Lipinski definition) is 1. The van der Waals surface area contributed by atoms with Crippen molar-refractivity contribution in [2.24, 2.45) is 11.3 Å². The Morgan fingerprint density at radius 3 is 2.22 bits per heavy atom. The van der Waals surface area contributed by atoms with E-state index < -0.39 is 44.7 Å². The molecular formula is C37H42ClN3O9S. The van der Waals surface area contributed by atoms with Gasteiger partial charge in [0.2, 0.25) is 5.91 Å². The number of ether oxygens (including phenoxy) is 3. The summed E-state index contributed by atoms with van der Waals surface area (Å²) in [5, 5.41) is 11.9. The first-order chi connectivity index (χ1) is 24.3. The molecule has 51 heavy (non-hydrogen) atoms. The number of sulfonamides is 1. The maximum absolute atomic E-state index is 15.9. The molecule has 1 saturated carbocycles. The summed E-state index contributed by atoms with van der Waals surface area (Å²) in [6, 6.07) is 14.6. The summed E-state index contributed by atoms with van der Waals surface area (Å²) in [6.07, 6.45) is 1.91. The number of para-hydroxylation sites is 1. The largest absolute Gasteiger partial charge is 0.497 e. The number of carbonyl (C=O) groups is 3. The van der Waals surface area contributed by atoms with E-state index in [0.29, 0.717) is 29.6 Å². The Balaban J connectivity index is 1.72. The first kappa shape index (κ1) is 36.5. The predicted molar refractivity (Wildman–Crippen MR) is 190 cm³/mol. The summed E-state index contributed by atoms with van der Waals surface area (Å²) in [7, 11) is 2.56. The van der Waals surface area contributed by atoms with Gasteiger partial charge in [-0.3, -0.25) is 14.4 Å². The number of aliphatic carboxylic acids is 1. The zero-order chi connectivity index (χ0) is 36.9. The number of anilines is 1. The number of carbonyl (C=O) groups excluding carboxylic acids is 2. The third-order valence-corrected chi connectivity index (χ3v) is 12.8. The van der Waals surface area contributed by atoms with Gasteiger partial charge in [-0.1, -0.05) is 29.8 Å². The number of fused-ring (bicyclic) bond motifs is 1. The number of amides is 2. The average Bonchev–Trinajstić information content (AvgIpc) is 3.76. The Kier molecular flexibility index (Phi) is 9.77. The lowest BCUT2D eigenvalue weighted by atomic mass is 9.49. The molecule has 2 aliphatic heterocycles. The monoisotopic (exact) mass is 739 g/mol. The number of methoxy groups -OCH3 is 3. The van der Waals surface area contributed by atoms with E-state index in [1.807, 2.05) is 0 Å². The van der Waals surface area contributed by atoms with E-state index in [-0.39, 0.29) is 57.0 Å². The van der Waals surface area contributed by atoms with Crippen molar-refractivity contribution in [1.82, 2.24) is 9.80 Å². The highest BCUT2D eigenvalue weighted by Crippen LogP contribution is 2.64. The van der Waals surface area contributed by atoms with Crippen molar-refractivity contribution in [1.29, 1.82) is 0 Å². The Morgan fingerprint density at radius 2 is 1.59 bits per heavy atom. The van der Waals surface area contributed by atoms with Crippen molar-refractivity contribution in [3.8, 4) is 17.2 Å². The number of nitrogens with zero attached hydrogens (tertiary/aromatic N) is 3. The summed E-state index contributed by atoms with van der Waals surface area (Å²) in [5.74, 6) is -3.02. The fraction of sp³-hybridized carbons (Fsp3) is 0.432. The average molecular weight is 740 g/mol. The summed E-state index contributed by atoms with van der Waals surface area (Å²) < 4.78 is 47.2. The van der Waals surface area contributed by atoms with Gasteiger partial charge in [0.05, 0.1) is 32.4 Å². The van der Waals surface area contributed by atoms with Gasteiger partial charge in [0.1, 0.15) is 27.6 Å². The van der Waals surface area contributed by atoms with Crippen LogP contribution in [-0.4, -0.2) is 95.7 Å². The van der Waals surface area contributed by atoms with Gasteiger partial charge < -0.3 is 29.1 Å². The Bertz CT molecular complexity index is 1980. The van der Waals surface area contributed by atoms with Gasteiger partial charge >= 0.3 is 5.97 Å². The van der Waals surface area contributed by atoms with Crippen molar-refractivity contribution in [3.05, 3.63) is 76.8 Å². The van der Waals surface area contributed by atoms with Crippen LogP contribution in [0.2, 0.25) is 5.02 Å². The van der Waals surface area contributed by atoms with Gasteiger partial charge in [0.15, 0.2) is 0 Å². The van der Waals surface area contributed by atoms with E-state index in [9.17, 15) is 23.1 Å². The fourth-order valence-corrected chi connectivity index (χ4v) is 10.4. The number of rotatable bonds is 10. The van der Waals surface area contributed by atoms with Gasteiger partial charge in [-0.25, -0.2) is 12.7 Å². The molecule has 4 atom stereocenters. The molecule has 0 bridgehead atoms. The zero-order valence-electron chi connectivity index (χ0n) is 29.2. The molecule has 2 fully saturated rings. The van der Waals surface area contributed by atoms with E-state index in [1.165, 1.54) is 62.6 Å². The summed E-state index contributed by atoms with van der Waals surface area (Å²) in [4.78, 5) is 47.5. The lowest BCUT2D eigenvalue weighted by Crippen LogP contribution is -2.63. The van der Waals surface area contributed by atoms with E-state index in [1.54, 1.807) is 38.4 Å². The van der Waals surface area contributed by atoms with Crippen LogP contribution >= 0.6 is 11.6 Å². The minimum absolute atomic E-state index is 0.0466. The lowest BCUT2D eigenvalue weighted by molar-refractivity contribution is -0.165. The Labute approximate surface area is 302 Å². The molecule has 1 aliphatic carbocycles. The van der Waals surface area contributed by atoms with Crippen molar-refractivity contribution < 1.29 is 42.1 Å². The van der Waals surface area contributed by atoms with Crippen LogP contribution in [-0.2, 0) is 29.8 Å². The Hall–Kier alpha value is -4.33. The zero-order valence-corrected chi connectivity index (χ0v) is 30.8. The highest BCUT2D eigenvalue weighted by Gasteiger charge is 2.72. The lowest BCUT2D eigenvalue weighted by Gasteiger charge is -2.52. The molecule has 2 amide bonds. The SMILES string of the molecule is COc1ccc(S(=O)(=O)N2C(=O)[C@](c3ccccc3OC)(C3(C(=O)O)C[C@H](C(=O)N(C)C)C[C@@H](N4CCCC4)C3)c3cc(Cl)ccc32)c(OC)c1. The molecule has 1 unspecified atom stereocenters. The molecule has 1 N–H and O–H groups in total. The third-order valence-electron chi connectivity index (χ3n) is 10.8. The van der Waals surface area contributed by atoms with Crippen LogP contribution in [0.15, 0.2) is 65.6 Å². The van der Waals surface area contributed by atoms with Crippen LogP contribution in [0.5, 0.6) is 17.2 Å². The van der Waals surface area contributed by atoms with Gasteiger partial charge in [-0.05, 0) is 87.2 Å². The second kappa shape index (κ2) is 13.7. The Morgan fingerprint density at radius 1 is 0.902 bits per heavy atom. The van der Waals surface area contributed by atoms with Gasteiger partial charge in [-0.15, -0.1) is 0 Å². The van der Waals surface area contributed by atoms with E-state index in [2.05, 4.69) is 4.90 Å². The van der Waals surface area contributed by atoms with E-state index in [0.717, 1.165) is 12.8 Å². The molecular weight excluding hydrogens is 698 g/mol. The molecule has 6 rings (SSSR count). The van der Waals surface area contributed by atoms with Crippen LogP contribution < -0.4 is 18.5 Å². The third kappa shape index (κ3) is 5.60. The molecule has 3 aromatic rings. The molecule has 0 spiro atoms. The number of carboxylic acids is 1. The van der Waals surface area contributed by atoms with E-state index >= 15 is 4.79 Å². The standard InChI is InChI=1S/C37H42ClN3O9S/c1-39(2)33(42)23-18-25(40-16-8-9-17-40)22-36(21-23,35(44)45)37(27-10-6-7-11-30(27)49-4)28-19-24(38)12-14-29(28)41(34(37)43)51(46,47)32-15-13-26(48-3)20-31(32)50-5/h6-7,10-15,19-20,23,25H,8-9,16-18,21-22H2,1-5H3,(H,44,45)/t23-,25-,36?,37-/m1/s1. The summed E-state index contributed by atoms with van der Waals surface area (Å²) in [6.45, 7) is 1.41. The van der Waals surface area contributed by atoms with Crippen LogP contribution in [0, 0.1) is 11.3 Å². The molecule has 0 aromatic heterocycles. The number of carboxylic acid groups (broad SMARTS) is 1. The molecule has 272 valence electrons. The van der Waals surface area contributed by atoms with E-state index in [4.69, 9.17) is 25.8 Å². The van der Waals surface area contributed by atoms with Crippen molar-refractivity contribution in [3.63, 3.8) is 0 Å². The first-order valence-corrected chi connectivity index (χ1v) is 18.5. The molecule has 3 aromatic carbocycles. The van der Waals surface area contributed by atoms with Gasteiger partial charge in [-0.2, -0.15) is 0 Å². The van der Waals surface area contributed by atoms with Crippen LogP contribution in [0.1, 0.15) is 43.2 Å². The maximum atomic E-state index is 15.9. The second-order valence-electron chi connectivity index (χ2n) is 13.6. The quantitative estimate of drug-likeness (QED) is 0.308. The van der Waals surface area contributed by atoms with Crippen LogP contribution in [0.25, 0.3) is 0 Å². The number of halogens is 1. The molecule has 1 saturated heterocycles. The van der Waals surface area contributed by atoms with Crippen molar-refractivity contribution in [2.75, 3.05) is 52.8 Å². The van der Waals surface area contributed by atoms with Crippen LogP contribution in [0.3, 0.4) is 0 Å². The van der Waals surface area contributed by atoms with Crippen LogP contribution in [0.4, 0.5) is 5.69 Å². The molecule has 12 nitrogen and oxygen atoms in total. The summed E-state index contributed by atoms with van der Waals surface area (Å²) >= 11 is 6.68. The number of likely N-dealkylation sites (tertiary alicyclic amines) is 1. The number of hydrogen-bond acceptors (Lipinski definition) is 9.